The van der Waals surface area contributed by atoms with Gasteiger partial charge in [0.2, 0.25) is 0 Å². The Bertz CT molecular complexity index is 634. The summed E-state index contributed by atoms with van der Waals surface area (Å²) in [7, 11) is 2.04. The van der Waals surface area contributed by atoms with Gasteiger partial charge in [-0.05, 0) is 31.7 Å². The Kier molecular flexibility index (Phi) is 4.11. The molecule has 2 nitrogen and oxygen atoms in total. The predicted octanol–water partition coefficient (Wildman–Crippen LogP) is 4.68. The molecule has 3 unspecified atom stereocenters. The molecule has 0 saturated carbocycles. The van der Waals surface area contributed by atoms with Crippen molar-refractivity contribution in [1.29, 1.82) is 0 Å². The Balaban J connectivity index is 1.92. The lowest BCUT2D eigenvalue weighted by Crippen LogP contribution is -2.27. The Morgan fingerprint density at radius 3 is 2.52 bits per heavy atom. The van der Waals surface area contributed by atoms with Gasteiger partial charge in [0.25, 0.3) is 0 Å². The second kappa shape index (κ2) is 5.87. The molecule has 0 amide bonds. The highest BCUT2D eigenvalue weighted by Gasteiger charge is 2.39. The summed E-state index contributed by atoms with van der Waals surface area (Å²) in [6.07, 6.45) is -0.168. The zero-order valence-corrected chi connectivity index (χ0v) is 13.5. The van der Waals surface area contributed by atoms with Crippen LogP contribution in [0, 0.1) is 5.82 Å². The van der Waals surface area contributed by atoms with E-state index in [1.807, 2.05) is 25.2 Å². The summed E-state index contributed by atoms with van der Waals surface area (Å²) in [5.74, 6) is -0.251. The van der Waals surface area contributed by atoms with E-state index in [-0.39, 0.29) is 24.2 Å². The summed E-state index contributed by atoms with van der Waals surface area (Å²) in [5.41, 5.74) is 2.11. The Morgan fingerprint density at radius 1 is 1.14 bits per heavy atom. The third kappa shape index (κ3) is 2.76. The minimum atomic E-state index is -0.251. The van der Waals surface area contributed by atoms with Crippen LogP contribution in [-0.4, -0.2) is 18.0 Å². The normalized spacial score (nSPS) is 26.2. The zero-order chi connectivity index (χ0) is 15.0. The number of nitrogens with zero attached hydrogens (tertiary/aromatic N) is 1. The first-order valence-electron chi connectivity index (χ1n) is 6.95. The van der Waals surface area contributed by atoms with Crippen LogP contribution in [0.4, 0.5) is 4.39 Å². The number of rotatable bonds is 2. The van der Waals surface area contributed by atoms with Gasteiger partial charge in [0, 0.05) is 16.1 Å². The van der Waals surface area contributed by atoms with Gasteiger partial charge in [0.15, 0.2) is 0 Å². The van der Waals surface area contributed by atoms with Crippen LogP contribution in [0.1, 0.15) is 30.4 Å². The molecule has 1 aliphatic heterocycles. The van der Waals surface area contributed by atoms with E-state index in [0.29, 0.717) is 0 Å². The van der Waals surface area contributed by atoms with E-state index in [9.17, 15) is 4.39 Å². The minimum Gasteiger partial charge on any atom is -0.349 e. The molecule has 21 heavy (non-hydrogen) atoms. The number of hydrogen-bond acceptors (Lipinski definition) is 2. The molecule has 1 heterocycles. The summed E-state index contributed by atoms with van der Waals surface area (Å²) < 4.78 is 20.3. The van der Waals surface area contributed by atoms with E-state index >= 15 is 0 Å². The van der Waals surface area contributed by atoms with E-state index < -0.39 is 0 Å². The van der Waals surface area contributed by atoms with Gasteiger partial charge in [0.05, 0.1) is 0 Å². The van der Waals surface area contributed by atoms with Crippen LogP contribution >= 0.6 is 15.9 Å². The lowest BCUT2D eigenvalue weighted by Gasteiger charge is -2.22. The van der Waals surface area contributed by atoms with E-state index in [1.165, 1.54) is 12.1 Å². The Labute approximate surface area is 132 Å². The second-order valence-electron chi connectivity index (χ2n) is 5.39. The highest BCUT2D eigenvalue weighted by atomic mass is 79.9. The van der Waals surface area contributed by atoms with Gasteiger partial charge in [-0.1, -0.05) is 52.3 Å². The van der Waals surface area contributed by atoms with Crippen molar-refractivity contribution in [3.05, 3.63) is 69.9 Å². The highest BCUT2D eigenvalue weighted by molar-refractivity contribution is 9.10. The average molecular weight is 350 g/mol. The SMILES string of the molecule is CC1C(c2ccccc2)OC(c2ccc(F)cc2Br)N1C. The molecule has 110 valence electrons. The smallest absolute Gasteiger partial charge is 0.138 e. The third-order valence-corrected chi connectivity index (χ3v) is 4.77. The number of likely N-dealkylation sites (N-methyl/N-ethyl adjacent to an activating group) is 1. The molecular weight excluding hydrogens is 333 g/mol. The van der Waals surface area contributed by atoms with Crippen LogP contribution in [0.3, 0.4) is 0 Å². The fraction of sp³-hybridized carbons (Fsp3) is 0.294. The Hall–Kier alpha value is -1.23. The molecule has 0 aromatic heterocycles. The standard InChI is InChI=1S/C17H17BrFNO/c1-11-16(12-6-4-3-5-7-12)21-17(20(11)2)14-9-8-13(19)10-15(14)18/h3-11,16-17H,1-2H3. The van der Waals surface area contributed by atoms with Crippen LogP contribution in [0.25, 0.3) is 0 Å². The average Bonchev–Trinajstić information content (AvgIpc) is 2.77. The van der Waals surface area contributed by atoms with Crippen molar-refractivity contribution in [2.75, 3.05) is 7.05 Å². The summed E-state index contributed by atoms with van der Waals surface area (Å²) in [6, 6.07) is 15.2. The van der Waals surface area contributed by atoms with Crippen molar-refractivity contribution in [2.24, 2.45) is 0 Å². The van der Waals surface area contributed by atoms with Crippen molar-refractivity contribution in [3.8, 4) is 0 Å². The zero-order valence-electron chi connectivity index (χ0n) is 12.0. The lowest BCUT2D eigenvalue weighted by atomic mass is 10.0. The first kappa shape index (κ1) is 14.7. The maximum absolute atomic E-state index is 13.3. The van der Waals surface area contributed by atoms with E-state index in [1.54, 1.807) is 6.07 Å². The van der Waals surface area contributed by atoms with Crippen molar-refractivity contribution in [1.82, 2.24) is 4.90 Å². The van der Waals surface area contributed by atoms with Gasteiger partial charge in [-0.3, -0.25) is 4.90 Å². The summed E-state index contributed by atoms with van der Waals surface area (Å²) in [4.78, 5) is 2.18. The maximum Gasteiger partial charge on any atom is 0.138 e. The van der Waals surface area contributed by atoms with Crippen molar-refractivity contribution >= 4 is 15.9 Å². The molecule has 0 spiro atoms. The van der Waals surface area contributed by atoms with Gasteiger partial charge in [-0.2, -0.15) is 0 Å². The molecule has 0 radical (unpaired) electrons. The van der Waals surface area contributed by atoms with Gasteiger partial charge in [0.1, 0.15) is 18.1 Å². The first-order valence-corrected chi connectivity index (χ1v) is 7.74. The van der Waals surface area contributed by atoms with E-state index in [2.05, 4.69) is 39.9 Å². The lowest BCUT2D eigenvalue weighted by molar-refractivity contribution is 0.00508. The Morgan fingerprint density at radius 2 is 1.86 bits per heavy atom. The van der Waals surface area contributed by atoms with E-state index in [4.69, 9.17) is 4.74 Å². The molecule has 1 saturated heterocycles. The van der Waals surface area contributed by atoms with Gasteiger partial charge in [-0.25, -0.2) is 4.39 Å². The van der Waals surface area contributed by atoms with Crippen LogP contribution in [0.15, 0.2) is 53.0 Å². The molecule has 2 aromatic carbocycles. The fourth-order valence-electron chi connectivity index (χ4n) is 2.77. The molecule has 0 bridgehead atoms. The number of halogens is 2. The first-order chi connectivity index (χ1) is 10.1. The van der Waals surface area contributed by atoms with E-state index in [0.717, 1.165) is 15.6 Å². The predicted molar refractivity (Wildman–Crippen MR) is 84.3 cm³/mol. The summed E-state index contributed by atoms with van der Waals surface area (Å²) in [5, 5.41) is 0. The quantitative estimate of drug-likeness (QED) is 0.780. The molecule has 3 atom stereocenters. The summed E-state index contributed by atoms with van der Waals surface area (Å²) in [6.45, 7) is 2.15. The molecule has 1 fully saturated rings. The number of ether oxygens (including phenoxy) is 1. The van der Waals surface area contributed by atoms with Crippen LogP contribution < -0.4 is 0 Å². The van der Waals surface area contributed by atoms with Crippen molar-refractivity contribution < 1.29 is 9.13 Å². The molecule has 4 heteroatoms. The van der Waals surface area contributed by atoms with Gasteiger partial charge in [-0.15, -0.1) is 0 Å². The van der Waals surface area contributed by atoms with Crippen molar-refractivity contribution in [2.45, 2.75) is 25.3 Å². The minimum absolute atomic E-state index is 0.0122. The summed E-state index contributed by atoms with van der Waals surface area (Å²) >= 11 is 3.43. The molecule has 1 aliphatic rings. The highest BCUT2D eigenvalue weighted by Crippen LogP contribution is 2.42. The monoisotopic (exact) mass is 349 g/mol. The van der Waals surface area contributed by atoms with Gasteiger partial charge >= 0.3 is 0 Å². The molecular formula is C17H17BrFNO. The van der Waals surface area contributed by atoms with Crippen LogP contribution in [0.2, 0.25) is 0 Å². The fourth-order valence-corrected chi connectivity index (χ4v) is 3.32. The molecule has 0 N–H and O–H groups in total. The third-order valence-electron chi connectivity index (χ3n) is 4.08. The van der Waals surface area contributed by atoms with Crippen molar-refractivity contribution in [3.63, 3.8) is 0 Å². The number of hydrogen-bond donors (Lipinski definition) is 0. The number of benzene rings is 2. The van der Waals surface area contributed by atoms with Crippen LogP contribution in [0.5, 0.6) is 0 Å². The molecule has 2 aromatic rings. The van der Waals surface area contributed by atoms with Crippen LogP contribution in [-0.2, 0) is 4.74 Å². The largest absolute Gasteiger partial charge is 0.349 e. The molecule has 0 aliphatic carbocycles. The maximum atomic E-state index is 13.3. The topological polar surface area (TPSA) is 12.5 Å². The van der Waals surface area contributed by atoms with Gasteiger partial charge < -0.3 is 4.74 Å². The second-order valence-corrected chi connectivity index (χ2v) is 6.25. The molecule has 3 rings (SSSR count).